The van der Waals surface area contributed by atoms with E-state index >= 15 is 0 Å². The molecule has 3 saturated heterocycles. The van der Waals surface area contributed by atoms with Crippen molar-refractivity contribution in [1.29, 1.82) is 0 Å². The van der Waals surface area contributed by atoms with Gasteiger partial charge in [-0.05, 0) is 73.6 Å². The molecule has 0 spiro atoms. The minimum Gasteiger partial charge on any atom is -0.504 e. The molecule has 3 aliphatic heterocycles. The number of phenols is 1. The molecule has 52 heavy (non-hydrogen) atoms. The van der Waals surface area contributed by atoms with Crippen LogP contribution >= 0.6 is 39.1 Å². The van der Waals surface area contributed by atoms with Crippen LogP contribution in [0.2, 0.25) is 0 Å². The Hall–Kier alpha value is -3.77. The van der Waals surface area contributed by atoms with Gasteiger partial charge in [-0.25, -0.2) is 9.29 Å². The first-order chi connectivity index (χ1) is 24.9. The molecule has 0 bridgehead atoms. The van der Waals surface area contributed by atoms with Gasteiger partial charge in [0.1, 0.15) is 5.82 Å². The van der Waals surface area contributed by atoms with Crippen LogP contribution in [0.5, 0.6) is 11.5 Å². The summed E-state index contributed by atoms with van der Waals surface area (Å²) in [5.41, 5.74) is 1.99. The summed E-state index contributed by atoms with van der Waals surface area (Å²) in [6.45, 7) is 2.23. The fourth-order valence-corrected chi connectivity index (χ4v) is 10.7. The molecule has 0 aromatic heterocycles. The molecule has 0 radical (unpaired) electrons. The molecule has 1 saturated carbocycles. The standard InChI is InChI=1S/C39H35BrCl2FN3O6/c1-52-30-18-22(40)17-28(33(30)47)32-26-11-12-27-31(35(49)45(34(27)48)25-13-15-44(16-14-25)20-21-5-3-2-4-6-21)29(26)19-38(41)36(50)46(37(51)39(32,38)42)24-9-7-23(43)8-10-24/h2-11,17-18,25,27,29,31-32,47H,12-16,19-20H2,1H3/t27-,29+,31-,32+,38+,39-/m0/s1. The van der Waals surface area contributed by atoms with Crippen LogP contribution in [0.1, 0.15) is 42.7 Å². The molecule has 13 heteroatoms. The number of hydrogen-bond donors (Lipinski definition) is 1. The second kappa shape index (κ2) is 13.0. The minimum atomic E-state index is -2.19. The van der Waals surface area contributed by atoms with Crippen molar-refractivity contribution in [3.63, 3.8) is 0 Å². The van der Waals surface area contributed by atoms with Gasteiger partial charge >= 0.3 is 0 Å². The molecule has 4 amide bonds. The smallest absolute Gasteiger partial charge is 0.258 e. The molecule has 270 valence electrons. The van der Waals surface area contributed by atoms with E-state index in [1.165, 1.54) is 29.7 Å². The zero-order valence-electron chi connectivity index (χ0n) is 28.1. The number of aromatic hydroxyl groups is 1. The number of fused-ring (bicyclic) bond motifs is 4. The van der Waals surface area contributed by atoms with Crippen molar-refractivity contribution < 1.29 is 33.4 Å². The topological polar surface area (TPSA) is 107 Å². The highest BCUT2D eigenvalue weighted by molar-refractivity contribution is 9.10. The largest absolute Gasteiger partial charge is 0.504 e. The van der Waals surface area contributed by atoms with E-state index in [0.29, 0.717) is 22.9 Å². The maximum absolute atomic E-state index is 14.6. The van der Waals surface area contributed by atoms with Gasteiger partial charge in [-0.15, -0.1) is 23.2 Å². The zero-order valence-corrected chi connectivity index (χ0v) is 31.2. The predicted octanol–water partition coefficient (Wildman–Crippen LogP) is 6.53. The van der Waals surface area contributed by atoms with E-state index in [4.69, 9.17) is 27.9 Å². The maximum Gasteiger partial charge on any atom is 0.258 e. The lowest BCUT2D eigenvalue weighted by Gasteiger charge is -2.50. The number of nitrogens with zero attached hydrogens (tertiary/aromatic N) is 3. The molecule has 2 aliphatic carbocycles. The normalized spacial score (nSPS) is 30.7. The van der Waals surface area contributed by atoms with Gasteiger partial charge in [0.05, 0.1) is 24.6 Å². The third kappa shape index (κ3) is 5.17. The number of benzene rings is 3. The number of carbonyl (C=O) groups excluding carboxylic acids is 4. The van der Waals surface area contributed by atoms with Gasteiger partial charge in [-0.1, -0.05) is 57.9 Å². The second-order valence-corrected chi connectivity index (χ2v) is 16.5. The van der Waals surface area contributed by atoms with E-state index in [1.807, 2.05) is 24.3 Å². The molecule has 6 atom stereocenters. The van der Waals surface area contributed by atoms with Gasteiger partial charge in [0, 0.05) is 41.6 Å². The molecule has 1 N–H and O–H groups in total. The number of rotatable bonds is 6. The van der Waals surface area contributed by atoms with Gasteiger partial charge in [0.25, 0.3) is 11.8 Å². The summed E-state index contributed by atoms with van der Waals surface area (Å²) < 4.78 is 19.9. The van der Waals surface area contributed by atoms with Crippen LogP contribution in [0.3, 0.4) is 0 Å². The average molecular weight is 812 g/mol. The third-order valence-electron chi connectivity index (χ3n) is 11.7. The van der Waals surface area contributed by atoms with Crippen molar-refractivity contribution in [3.05, 3.63) is 99.8 Å². The van der Waals surface area contributed by atoms with Gasteiger partial charge in [0.2, 0.25) is 11.8 Å². The van der Waals surface area contributed by atoms with E-state index in [-0.39, 0.29) is 53.4 Å². The molecule has 9 nitrogen and oxygen atoms in total. The quantitative estimate of drug-likeness (QED) is 0.172. The van der Waals surface area contributed by atoms with Crippen LogP contribution in [0.25, 0.3) is 0 Å². The first-order valence-electron chi connectivity index (χ1n) is 17.3. The van der Waals surface area contributed by atoms with E-state index in [9.17, 15) is 28.7 Å². The lowest BCUT2D eigenvalue weighted by molar-refractivity contribution is -0.144. The van der Waals surface area contributed by atoms with Crippen LogP contribution in [0.4, 0.5) is 10.1 Å². The summed E-state index contributed by atoms with van der Waals surface area (Å²) in [6.07, 6.45) is 3.09. The van der Waals surface area contributed by atoms with Crippen LogP contribution in [-0.2, 0) is 25.7 Å². The number of halogens is 4. The van der Waals surface area contributed by atoms with Gasteiger partial charge in [0.15, 0.2) is 21.2 Å². The second-order valence-electron chi connectivity index (χ2n) is 14.3. The molecule has 5 aliphatic rings. The van der Waals surface area contributed by atoms with Crippen molar-refractivity contribution >= 4 is 68.4 Å². The number of allylic oxidation sites excluding steroid dienone is 2. The monoisotopic (exact) mass is 809 g/mol. The molecule has 3 aromatic carbocycles. The Morgan fingerprint density at radius 1 is 0.942 bits per heavy atom. The number of phenolic OH excluding ortho intramolecular Hbond substituents is 1. The number of carbonyl (C=O) groups is 4. The van der Waals surface area contributed by atoms with Gasteiger partial charge in [-0.3, -0.25) is 29.0 Å². The number of amides is 4. The molecule has 8 rings (SSSR count). The molecular weight excluding hydrogens is 776 g/mol. The summed E-state index contributed by atoms with van der Waals surface area (Å²) in [4.78, 5) is 58.2. The number of hydrogen-bond acceptors (Lipinski definition) is 7. The van der Waals surface area contributed by atoms with Crippen molar-refractivity contribution in [2.75, 3.05) is 25.1 Å². The number of ether oxygens (including phenoxy) is 1. The summed E-state index contributed by atoms with van der Waals surface area (Å²) >= 11 is 18.4. The van der Waals surface area contributed by atoms with Crippen molar-refractivity contribution in [2.24, 2.45) is 17.8 Å². The highest BCUT2D eigenvalue weighted by Crippen LogP contribution is 2.67. The predicted molar refractivity (Wildman–Crippen MR) is 196 cm³/mol. The van der Waals surface area contributed by atoms with E-state index in [2.05, 4.69) is 33.0 Å². The highest BCUT2D eigenvalue weighted by atomic mass is 79.9. The number of alkyl halides is 2. The third-order valence-corrected chi connectivity index (χ3v) is 13.6. The lowest BCUT2D eigenvalue weighted by Crippen LogP contribution is -2.60. The average Bonchev–Trinajstić information content (AvgIpc) is 3.48. The van der Waals surface area contributed by atoms with Crippen LogP contribution in [0, 0.1) is 23.6 Å². The Kier molecular flexibility index (Phi) is 8.79. The van der Waals surface area contributed by atoms with Crippen LogP contribution < -0.4 is 9.64 Å². The van der Waals surface area contributed by atoms with Crippen molar-refractivity contribution in [1.82, 2.24) is 9.80 Å². The number of imide groups is 2. The van der Waals surface area contributed by atoms with E-state index in [0.717, 1.165) is 36.7 Å². The Morgan fingerprint density at radius 3 is 2.31 bits per heavy atom. The Balaban J connectivity index is 1.18. The van der Waals surface area contributed by atoms with E-state index in [1.54, 1.807) is 12.1 Å². The number of piperidine rings is 1. The summed E-state index contributed by atoms with van der Waals surface area (Å²) in [7, 11) is 1.38. The van der Waals surface area contributed by atoms with Crippen molar-refractivity contribution in [2.45, 2.75) is 53.9 Å². The Morgan fingerprint density at radius 2 is 1.63 bits per heavy atom. The Labute approximate surface area is 318 Å². The molecule has 3 heterocycles. The molecule has 0 unspecified atom stereocenters. The van der Waals surface area contributed by atoms with Crippen LogP contribution in [0.15, 0.2) is 82.9 Å². The maximum atomic E-state index is 14.6. The lowest BCUT2D eigenvalue weighted by atomic mass is 9.56. The fourth-order valence-electron chi connectivity index (χ4n) is 9.28. The minimum absolute atomic E-state index is 0.0763. The summed E-state index contributed by atoms with van der Waals surface area (Å²) in [5, 5.41) is 11.6. The number of likely N-dealkylation sites (tertiary alicyclic amines) is 2. The number of methoxy groups -OCH3 is 1. The van der Waals surface area contributed by atoms with Gasteiger partial charge < -0.3 is 9.84 Å². The summed E-state index contributed by atoms with van der Waals surface area (Å²) in [5.74, 6) is -6.53. The molecule has 4 fully saturated rings. The Bertz CT molecular complexity index is 2030. The first-order valence-corrected chi connectivity index (χ1v) is 18.9. The summed E-state index contributed by atoms with van der Waals surface area (Å²) in [6, 6.07) is 17.9. The zero-order chi connectivity index (χ0) is 36.7. The van der Waals surface area contributed by atoms with E-state index < -0.39 is 51.1 Å². The number of anilines is 1. The fraction of sp³-hybridized carbons (Fsp3) is 0.385. The molecule has 3 aromatic rings. The SMILES string of the molecule is COc1cc(Br)cc([C@H]2C3=CC[C@@H]4C(=O)N(C5CCN(Cc6ccccc6)CC5)C(=O)[C@@H]4[C@@H]3C[C@@]3(Cl)C(=O)N(c4ccc(F)cc4)C(=O)[C@@]23Cl)c1O. The highest BCUT2D eigenvalue weighted by Gasteiger charge is 2.77. The first kappa shape index (κ1) is 35.3. The van der Waals surface area contributed by atoms with Crippen LogP contribution in [-0.4, -0.2) is 74.5 Å². The molecular formula is C39H35BrCl2FN3O6. The van der Waals surface area contributed by atoms with Crippen molar-refractivity contribution in [3.8, 4) is 11.5 Å². The van der Waals surface area contributed by atoms with Gasteiger partial charge in [-0.2, -0.15) is 0 Å².